The van der Waals surface area contributed by atoms with E-state index in [4.69, 9.17) is 10.1 Å². The number of hydrogen-bond donors (Lipinski definition) is 3. The molecule has 1 atom stereocenters. The van der Waals surface area contributed by atoms with Crippen LogP contribution in [0.25, 0.3) is 0 Å². The first-order chi connectivity index (χ1) is 3.66. The predicted molar refractivity (Wildman–Crippen MR) is 33.5 cm³/mol. The second-order valence-corrected chi connectivity index (χ2v) is 1.93. The van der Waals surface area contributed by atoms with E-state index in [1.165, 1.54) is 0 Å². The average molecular weight is 117 g/mol. The van der Waals surface area contributed by atoms with E-state index in [0.29, 0.717) is 0 Å². The van der Waals surface area contributed by atoms with Crippen molar-refractivity contribution in [3.05, 3.63) is 0 Å². The minimum Gasteiger partial charge on any atom is -0.437 e. The fourth-order valence-corrected chi connectivity index (χ4v) is 0.464. The Hall–Kier alpha value is -0.0551. The molecular weight excluding hydrogens is 105 g/mol. The molecule has 0 aliphatic rings. The summed E-state index contributed by atoms with van der Waals surface area (Å²) in [7, 11) is -0.530. The molecule has 0 saturated carbocycles. The zero-order valence-corrected chi connectivity index (χ0v) is 5.26. The monoisotopic (exact) mass is 117 g/mol. The van der Waals surface area contributed by atoms with Crippen molar-refractivity contribution in [2.24, 2.45) is 0 Å². The quantitative estimate of drug-likeness (QED) is 0.418. The van der Waals surface area contributed by atoms with E-state index < -0.39 is 7.05 Å². The van der Waals surface area contributed by atoms with E-state index in [1.807, 2.05) is 0 Å². The Balaban J connectivity index is 3.10. The van der Waals surface area contributed by atoms with E-state index >= 15 is 0 Å². The lowest BCUT2D eigenvalue weighted by Gasteiger charge is -2.09. The summed E-state index contributed by atoms with van der Waals surface area (Å²) < 4.78 is 0. The molecule has 0 amide bonds. The van der Waals surface area contributed by atoms with Crippen LogP contribution in [-0.2, 0) is 0 Å². The Bertz CT molecular complexity index is 60.0. The van der Waals surface area contributed by atoms with Gasteiger partial charge in [0.15, 0.2) is 0 Å². The predicted octanol–water partition coefficient (Wildman–Crippen LogP) is -0.933. The number of aliphatic hydroxyl groups excluding tert-OH is 1. The van der Waals surface area contributed by atoms with Gasteiger partial charge >= 0.3 is 7.05 Å². The summed E-state index contributed by atoms with van der Waals surface area (Å²) in [5.74, 6) is 0. The largest absolute Gasteiger partial charge is 0.437 e. The molecule has 4 heteroatoms. The van der Waals surface area contributed by atoms with E-state index in [0.717, 1.165) is 0 Å². The first kappa shape index (κ1) is 7.94. The Kier molecular flexibility index (Phi) is 3.86. The van der Waals surface area contributed by atoms with Gasteiger partial charge in [-0.3, -0.25) is 0 Å². The summed E-state index contributed by atoms with van der Waals surface area (Å²) in [4.78, 5) is 0. The molecule has 0 aromatic carbocycles. The highest BCUT2D eigenvalue weighted by atomic mass is 16.3. The summed E-state index contributed by atoms with van der Waals surface area (Å²) in [6.45, 7) is 3.48. The van der Waals surface area contributed by atoms with Crippen LogP contribution in [0, 0.1) is 0 Å². The van der Waals surface area contributed by atoms with Crippen molar-refractivity contribution in [3.63, 3.8) is 0 Å². The highest BCUT2D eigenvalue weighted by molar-refractivity contribution is 6.45. The van der Waals surface area contributed by atoms with E-state index in [2.05, 4.69) is 5.23 Å². The molecule has 0 heterocycles. The molecule has 0 bridgehead atoms. The number of hydrogen-bond acceptors (Lipinski definition) is 3. The van der Waals surface area contributed by atoms with Crippen molar-refractivity contribution in [1.82, 2.24) is 5.23 Å². The maximum absolute atomic E-state index is 8.63. The highest BCUT2D eigenvalue weighted by Crippen LogP contribution is 1.77. The smallest absolute Gasteiger partial charge is 0.373 e. The molecule has 0 rings (SSSR count). The van der Waals surface area contributed by atoms with Crippen LogP contribution in [0.1, 0.15) is 6.92 Å². The lowest BCUT2D eigenvalue weighted by molar-refractivity contribution is 0.262. The molecule has 0 aliphatic heterocycles. The molecule has 0 aromatic heterocycles. The van der Waals surface area contributed by atoms with Crippen molar-refractivity contribution in [3.8, 4) is 0 Å². The molecule has 3 nitrogen and oxygen atoms in total. The number of aliphatic hydroxyl groups is 1. The van der Waals surface area contributed by atoms with Crippen LogP contribution in [-0.4, -0.2) is 29.8 Å². The fourth-order valence-electron chi connectivity index (χ4n) is 0.464. The highest BCUT2D eigenvalue weighted by Gasteiger charge is 2.05. The van der Waals surface area contributed by atoms with Gasteiger partial charge in [-0.05, 0) is 13.7 Å². The van der Waals surface area contributed by atoms with Gasteiger partial charge in [0.2, 0.25) is 0 Å². The van der Waals surface area contributed by atoms with E-state index in [-0.39, 0.29) is 12.6 Å². The lowest BCUT2D eigenvalue weighted by atomic mass is 9.88. The standard InChI is InChI=1S/C4H12BNO2/c1-4(3-7)6-5(2)8/h4,6-8H,3H2,1-2H3/t4-/m0/s1. The van der Waals surface area contributed by atoms with Crippen molar-refractivity contribution in [2.45, 2.75) is 19.8 Å². The van der Waals surface area contributed by atoms with Crippen LogP contribution in [0.5, 0.6) is 0 Å². The molecule has 0 unspecified atom stereocenters. The van der Waals surface area contributed by atoms with Gasteiger partial charge in [-0.1, -0.05) is 0 Å². The average Bonchev–Trinajstić information content (AvgIpc) is 1.65. The van der Waals surface area contributed by atoms with Gasteiger partial charge < -0.3 is 15.4 Å². The molecule has 0 spiro atoms. The lowest BCUT2D eigenvalue weighted by Crippen LogP contribution is -2.40. The zero-order valence-electron chi connectivity index (χ0n) is 5.26. The second-order valence-electron chi connectivity index (χ2n) is 1.93. The van der Waals surface area contributed by atoms with Gasteiger partial charge in [-0.15, -0.1) is 0 Å². The number of nitrogens with one attached hydrogen (secondary N) is 1. The van der Waals surface area contributed by atoms with Crippen LogP contribution in [0.4, 0.5) is 0 Å². The second kappa shape index (κ2) is 3.89. The van der Waals surface area contributed by atoms with Crippen LogP contribution < -0.4 is 5.23 Å². The third-order valence-electron chi connectivity index (χ3n) is 0.800. The molecular formula is C4H12BNO2. The zero-order chi connectivity index (χ0) is 6.57. The van der Waals surface area contributed by atoms with Crippen LogP contribution >= 0.6 is 0 Å². The van der Waals surface area contributed by atoms with E-state index in [1.54, 1.807) is 13.7 Å². The Morgan fingerprint density at radius 1 is 1.75 bits per heavy atom. The first-order valence-corrected chi connectivity index (χ1v) is 2.71. The Morgan fingerprint density at radius 3 is 2.38 bits per heavy atom. The van der Waals surface area contributed by atoms with Crippen molar-refractivity contribution >= 4 is 7.05 Å². The van der Waals surface area contributed by atoms with Gasteiger partial charge in [-0.25, -0.2) is 0 Å². The SMILES string of the molecule is CB(O)N[C@@H](C)CO. The fraction of sp³-hybridized carbons (Fsp3) is 1.00. The molecule has 0 fully saturated rings. The maximum Gasteiger partial charge on any atom is 0.373 e. The molecule has 0 aliphatic carbocycles. The third kappa shape index (κ3) is 4.11. The van der Waals surface area contributed by atoms with Crippen molar-refractivity contribution in [2.75, 3.05) is 6.61 Å². The van der Waals surface area contributed by atoms with Gasteiger partial charge in [-0.2, -0.15) is 0 Å². The summed E-state index contributed by atoms with van der Waals surface area (Å²) in [5, 5.41) is 19.7. The third-order valence-corrected chi connectivity index (χ3v) is 0.800. The molecule has 0 saturated heterocycles. The van der Waals surface area contributed by atoms with Crippen molar-refractivity contribution in [1.29, 1.82) is 0 Å². The maximum atomic E-state index is 8.63. The molecule has 48 valence electrons. The molecule has 3 N–H and O–H groups in total. The van der Waals surface area contributed by atoms with Gasteiger partial charge in [0.25, 0.3) is 0 Å². The molecule has 0 radical (unpaired) electrons. The van der Waals surface area contributed by atoms with Crippen LogP contribution in [0.3, 0.4) is 0 Å². The Labute approximate surface area is 49.9 Å². The van der Waals surface area contributed by atoms with Crippen LogP contribution in [0.15, 0.2) is 0 Å². The van der Waals surface area contributed by atoms with Gasteiger partial charge in [0, 0.05) is 6.04 Å². The number of rotatable bonds is 3. The van der Waals surface area contributed by atoms with Gasteiger partial charge in [0.05, 0.1) is 6.61 Å². The summed E-state index contributed by atoms with van der Waals surface area (Å²) in [6, 6.07) is -0.0185. The van der Waals surface area contributed by atoms with E-state index in [9.17, 15) is 0 Å². The van der Waals surface area contributed by atoms with Crippen LogP contribution in [0.2, 0.25) is 6.82 Å². The molecule has 0 aromatic rings. The minimum atomic E-state index is -0.530. The normalized spacial score (nSPS) is 13.5. The summed E-state index contributed by atoms with van der Waals surface area (Å²) in [6.07, 6.45) is 0. The summed E-state index contributed by atoms with van der Waals surface area (Å²) >= 11 is 0. The molecule has 8 heavy (non-hydrogen) atoms. The topological polar surface area (TPSA) is 52.5 Å². The minimum absolute atomic E-state index is 0.0185. The van der Waals surface area contributed by atoms with Gasteiger partial charge in [0.1, 0.15) is 0 Å². The summed E-state index contributed by atoms with van der Waals surface area (Å²) in [5.41, 5.74) is 0. The Morgan fingerprint density at radius 2 is 2.25 bits per heavy atom. The first-order valence-electron chi connectivity index (χ1n) is 2.71. The van der Waals surface area contributed by atoms with Crippen molar-refractivity contribution < 1.29 is 10.1 Å².